The molecule has 0 spiro atoms. The fraction of sp³-hybridized carbons (Fsp3) is 0.467. The van der Waals surface area contributed by atoms with Gasteiger partial charge in [-0.2, -0.15) is 13.2 Å². The molecular weight excluding hydrogens is 361 g/mol. The third-order valence-corrected chi connectivity index (χ3v) is 4.19. The molecule has 1 unspecified atom stereocenters. The van der Waals surface area contributed by atoms with Crippen LogP contribution in [0.4, 0.5) is 19.0 Å². The fourth-order valence-corrected chi connectivity index (χ4v) is 2.65. The van der Waals surface area contributed by atoms with Crippen LogP contribution in [0.2, 0.25) is 0 Å². The molecule has 0 saturated carbocycles. The Morgan fingerprint density at radius 2 is 2.00 bits per heavy atom. The van der Waals surface area contributed by atoms with E-state index in [0.29, 0.717) is 23.3 Å². The van der Waals surface area contributed by atoms with Crippen molar-refractivity contribution >= 4 is 30.0 Å². The van der Waals surface area contributed by atoms with Crippen LogP contribution in [0.1, 0.15) is 12.6 Å². The molecule has 132 valence electrons. The smallest absolute Gasteiger partial charge is 0.352 e. The van der Waals surface area contributed by atoms with E-state index in [2.05, 4.69) is 27.5 Å². The number of piperazine rings is 1. The Kier molecular flexibility index (Phi) is 6.17. The first-order valence-corrected chi connectivity index (χ1v) is 8.08. The van der Waals surface area contributed by atoms with E-state index in [0.717, 1.165) is 18.3 Å². The molecular formula is C15H18ClF3N4S. The lowest BCUT2D eigenvalue weighted by Crippen LogP contribution is -2.52. The van der Waals surface area contributed by atoms with Crippen molar-refractivity contribution in [1.82, 2.24) is 14.9 Å². The van der Waals surface area contributed by atoms with Gasteiger partial charge in [0.05, 0.1) is 16.8 Å². The van der Waals surface area contributed by atoms with Crippen LogP contribution in [-0.4, -0.2) is 47.6 Å². The van der Waals surface area contributed by atoms with E-state index in [9.17, 15) is 13.2 Å². The number of nitrogens with zero attached hydrogens (tertiary/aromatic N) is 4. The second-order valence-corrected chi connectivity index (χ2v) is 6.75. The molecule has 24 heavy (non-hydrogen) atoms. The average molecular weight is 379 g/mol. The van der Waals surface area contributed by atoms with Gasteiger partial charge < -0.3 is 4.90 Å². The number of thiol groups is 1. The molecule has 0 aromatic carbocycles. The minimum Gasteiger partial charge on any atom is -0.352 e. The zero-order valence-corrected chi connectivity index (χ0v) is 14.9. The normalized spacial score (nSPS) is 21.3. The number of rotatable bonds is 3. The average Bonchev–Trinajstić information content (AvgIpc) is 2.52. The number of aromatic nitrogens is 2. The Balaban J connectivity index is 2.15. The summed E-state index contributed by atoms with van der Waals surface area (Å²) in [4.78, 5) is 11.5. The lowest BCUT2D eigenvalue weighted by molar-refractivity contribution is -0.141. The van der Waals surface area contributed by atoms with E-state index in [1.807, 2.05) is 24.9 Å². The number of allylic oxidation sites excluding steroid dienone is 2. The number of alkyl halides is 3. The quantitative estimate of drug-likeness (QED) is 0.643. The first-order chi connectivity index (χ1) is 11.2. The molecule has 4 nitrogen and oxygen atoms in total. The van der Waals surface area contributed by atoms with E-state index in [1.165, 1.54) is 6.20 Å². The van der Waals surface area contributed by atoms with Crippen molar-refractivity contribution in [1.29, 1.82) is 0 Å². The molecule has 0 aliphatic carbocycles. The number of anilines is 1. The molecule has 1 aliphatic heterocycles. The van der Waals surface area contributed by atoms with Gasteiger partial charge in [-0.25, -0.2) is 9.97 Å². The Hall–Kier alpha value is -1.25. The second-order valence-electron chi connectivity index (χ2n) is 5.60. The molecule has 9 heteroatoms. The van der Waals surface area contributed by atoms with Crippen molar-refractivity contribution in [2.45, 2.75) is 19.1 Å². The molecule has 0 radical (unpaired) electrons. The van der Waals surface area contributed by atoms with Crippen LogP contribution in [0, 0.1) is 0 Å². The minimum absolute atomic E-state index is 0.100. The third kappa shape index (κ3) is 4.87. The van der Waals surface area contributed by atoms with Gasteiger partial charge in [-0.05, 0) is 20.0 Å². The molecule has 1 aromatic rings. The topological polar surface area (TPSA) is 32.3 Å². The van der Waals surface area contributed by atoms with Crippen LogP contribution < -0.4 is 4.90 Å². The van der Waals surface area contributed by atoms with Crippen molar-refractivity contribution < 1.29 is 13.2 Å². The number of hydrogen-bond donors (Lipinski definition) is 1. The van der Waals surface area contributed by atoms with Crippen molar-refractivity contribution in [3.05, 3.63) is 40.2 Å². The maximum Gasteiger partial charge on any atom is 0.434 e. The van der Waals surface area contributed by atoms with Crippen molar-refractivity contribution in [2.75, 3.05) is 31.6 Å². The summed E-state index contributed by atoms with van der Waals surface area (Å²) < 4.78 is 38.1. The van der Waals surface area contributed by atoms with Crippen LogP contribution in [0.3, 0.4) is 0 Å². The van der Waals surface area contributed by atoms with Gasteiger partial charge in [0.25, 0.3) is 0 Å². The zero-order chi connectivity index (χ0) is 17.9. The van der Waals surface area contributed by atoms with Crippen molar-refractivity contribution in [3.8, 4) is 0 Å². The maximum absolute atomic E-state index is 12.6. The van der Waals surface area contributed by atoms with Gasteiger partial charge >= 0.3 is 6.18 Å². The van der Waals surface area contributed by atoms with Crippen LogP contribution in [-0.2, 0) is 6.18 Å². The monoisotopic (exact) mass is 378 g/mol. The predicted molar refractivity (Wildman–Crippen MR) is 92.3 cm³/mol. The predicted octanol–water partition coefficient (Wildman–Crippen LogP) is 3.57. The Bertz CT molecular complexity index is 627. The van der Waals surface area contributed by atoms with Gasteiger partial charge in [-0.3, -0.25) is 4.90 Å². The van der Waals surface area contributed by atoms with Crippen LogP contribution in [0.15, 0.2) is 34.5 Å². The lowest BCUT2D eigenvalue weighted by atomic mass is 10.0. The van der Waals surface area contributed by atoms with Gasteiger partial charge in [0.15, 0.2) is 5.69 Å². The lowest BCUT2D eigenvalue weighted by Gasteiger charge is -2.40. The fourth-order valence-electron chi connectivity index (χ4n) is 2.52. The largest absolute Gasteiger partial charge is 0.434 e. The van der Waals surface area contributed by atoms with Gasteiger partial charge in [0.1, 0.15) is 5.82 Å². The summed E-state index contributed by atoms with van der Waals surface area (Å²) in [6.07, 6.45) is 1.06. The molecule has 1 aliphatic rings. The Labute approximate surface area is 149 Å². The van der Waals surface area contributed by atoms with Gasteiger partial charge in [0, 0.05) is 25.7 Å². The molecule has 1 fully saturated rings. The summed E-state index contributed by atoms with van der Waals surface area (Å²) in [5.74, 6) is 0.441. The molecule has 2 rings (SSSR count). The van der Waals surface area contributed by atoms with Gasteiger partial charge in [-0.15, -0.1) is 12.6 Å². The first-order valence-electron chi connectivity index (χ1n) is 7.26. The van der Waals surface area contributed by atoms with Crippen molar-refractivity contribution in [2.24, 2.45) is 0 Å². The summed E-state index contributed by atoms with van der Waals surface area (Å²) in [6.45, 7) is 4.02. The SMILES string of the molecule is CC(=CC=C(S)Cl)C1CN(c2cnc(C(F)(F)F)cn2)CCN1C. The molecule has 1 saturated heterocycles. The molecule has 0 amide bonds. The summed E-state index contributed by atoms with van der Waals surface area (Å²) in [7, 11) is 2.00. The summed E-state index contributed by atoms with van der Waals surface area (Å²) in [5.41, 5.74) is 0.0934. The Morgan fingerprint density at radius 1 is 1.29 bits per heavy atom. The molecule has 2 heterocycles. The van der Waals surface area contributed by atoms with E-state index in [1.54, 1.807) is 6.08 Å². The van der Waals surface area contributed by atoms with Crippen LogP contribution >= 0.6 is 24.2 Å². The standard InChI is InChI=1S/C15H18ClF3N4S/c1-10(3-4-13(16)24)11-9-23(6-5-22(11)2)14-8-20-12(7-21-14)15(17,18)19/h3-4,7-8,11,24H,5-6,9H2,1-2H3. The number of halogens is 4. The first kappa shape index (κ1) is 19.1. The number of likely N-dealkylation sites (N-methyl/N-ethyl adjacent to an activating group) is 1. The summed E-state index contributed by atoms with van der Waals surface area (Å²) >= 11 is 9.73. The zero-order valence-electron chi connectivity index (χ0n) is 13.3. The highest BCUT2D eigenvalue weighted by atomic mass is 35.5. The number of hydrogen-bond acceptors (Lipinski definition) is 5. The second kappa shape index (κ2) is 7.76. The third-order valence-electron chi connectivity index (χ3n) is 3.91. The molecule has 0 N–H and O–H groups in total. The summed E-state index contributed by atoms with van der Waals surface area (Å²) in [6, 6.07) is 0.100. The summed E-state index contributed by atoms with van der Waals surface area (Å²) in [5, 5.41) is 0. The van der Waals surface area contributed by atoms with Crippen LogP contribution in [0.25, 0.3) is 0 Å². The maximum atomic E-state index is 12.6. The van der Waals surface area contributed by atoms with E-state index in [4.69, 9.17) is 11.6 Å². The Morgan fingerprint density at radius 3 is 2.54 bits per heavy atom. The highest BCUT2D eigenvalue weighted by Gasteiger charge is 2.33. The molecule has 1 atom stereocenters. The van der Waals surface area contributed by atoms with Crippen LogP contribution in [0.5, 0.6) is 0 Å². The van der Waals surface area contributed by atoms with E-state index >= 15 is 0 Å². The molecule has 0 bridgehead atoms. The van der Waals surface area contributed by atoms with Crippen molar-refractivity contribution in [3.63, 3.8) is 0 Å². The molecule has 1 aromatic heterocycles. The highest BCUT2D eigenvalue weighted by molar-refractivity contribution is 7.86. The van der Waals surface area contributed by atoms with Gasteiger partial charge in [-0.1, -0.05) is 23.3 Å². The minimum atomic E-state index is -4.48. The highest BCUT2D eigenvalue weighted by Crippen LogP contribution is 2.28. The van der Waals surface area contributed by atoms with E-state index in [-0.39, 0.29) is 6.04 Å². The van der Waals surface area contributed by atoms with Gasteiger partial charge in [0.2, 0.25) is 0 Å². The van der Waals surface area contributed by atoms with E-state index < -0.39 is 11.9 Å².